The van der Waals surface area contributed by atoms with Crippen LogP contribution in [0.15, 0.2) is 42.5 Å². The highest BCUT2D eigenvalue weighted by Gasteiger charge is 2.31. The molecule has 1 N–H and O–H groups in total. The molecule has 1 atom stereocenters. The number of para-hydroxylation sites is 1. The van der Waals surface area contributed by atoms with E-state index in [1.165, 1.54) is 23.5 Å². The van der Waals surface area contributed by atoms with Crippen LogP contribution in [0.25, 0.3) is 21.5 Å². The highest BCUT2D eigenvalue weighted by Crippen LogP contribution is 2.33. The van der Waals surface area contributed by atoms with Crippen LogP contribution >= 0.6 is 11.3 Å². The molecule has 32 heavy (non-hydrogen) atoms. The van der Waals surface area contributed by atoms with Crippen molar-refractivity contribution in [2.24, 2.45) is 0 Å². The molecule has 0 saturated carbocycles. The number of aryl methyl sites for hydroxylation is 2. The number of benzene rings is 2. The molecule has 0 radical (unpaired) electrons. The molecule has 5 rings (SSSR count). The van der Waals surface area contributed by atoms with Crippen LogP contribution in [0.2, 0.25) is 0 Å². The molecule has 1 fully saturated rings. The molecule has 2 aromatic carbocycles. The second-order valence-corrected chi connectivity index (χ2v) is 9.63. The zero-order valence-electron chi connectivity index (χ0n) is 18.2. The van der Waals surface area contributed by atoms with E-state index >= 15 is 0 Å². The van der Waals surface area contributed by atoms with Gasteiger partial charge in [-0.2, -0.15) is 0 Å². The molecule has 2 aromatic heterocycles. The number of rotatable bonds is 4. The number of nitrogens with zero attached hydrogens (tertiary/aromatic N) is 3. The van der Waals surface area contributed by atoms with Crippen LogP contribution in [0.1, 0.15) is 46.1 Å². The molecule has 1 saturated heterocycles. The summed E-state index contributed by atoms with van der Waals surface area (Å²) in [4.78, 5) is 29.3. The Bertz CT molecular complexity index is 1280. The van der Waals surface area contributed by atoms with Crippen LogP contribution in [0, 0.1) is 19.7 Å². The molecule has 1 amide bonds. The third-order valence-corrected chi connectivity index (χ3v) is 7.14. The summed E-state index contributed by atoms with van der Waals surface area (Å²) in [5.41, 5.74) is 4.45. The van der Waals surface area contributed by atoms with E-state index in [1.807, 2.05) is 24.0 Å². The van der Waals surface area contributed by atoms with Gasteiger partial charge >= 0.3 is 0 Å². The Kier molecular flexibility index (Phi) is 5.51. The molecule has 1 unspecified atom stereocenters. The lowest BCUT2D eigenvalue weighted by Crippen LogP contribution is -2.45. The first kappa shape index (κ1) is 20.8. The quantitative estimate of drug-likeness (QED) is 0.437. The molecular weight excluding hydrogens is 423 g/mol. The summed E-state index contributed by atoms with van der Waals surface area (Å²) >= 11 is 1.48. The third kappa shape index (κ3) is 3.93. The molecule has 7 heteroatoms. The number of thiazole rings is 1. The fourth-order valence-electron chi connectivity index (χ4n) is 4.53. The largest absolute Gasteiger partial charge is 0.342 e. The monoisotopic (exact) mass is 448 g/mol. The lowest BCUT2D eigenvalue weighted by Gasteiger charge is -2.35. The van der Waals surface area contributed by atoms with Gasteiger partial charge < -0.3 is 9.88 Å². The molecule has 0 aliphatic carbocycles. The number of carbonyl (C=O) groups excluding carboxylic acids is 1. The van der Waals surface area contributed by atoms with E-state index in [0.29, 0.717) is 18.7 Å². The maximum absolute atomic E-state index is 13.7. The first-order valence-corrected chi connectivity index (χ1v) is 11.8. The summed E-state index contributed by atoms with van der Waals surface area (Å²) in [5.74, 6) is 0.568. The second-order valence-electron chi connectivity index (χ2n) is 8.42. The number of nitrogens with one attached hydrogen (secondary N) is 1. The summed E-state index contributed by atoms with van der Waals surface area (Å²) in [5, 5.41) is 0.828. The van der Waals surface area contributed by atoms with E-state index in [1.54, 1.807) is 12.1 Å². The summed E-state index contributed by atoms with van der Waals surface area (Å²) in [7, 11) is 0. The van der Waals surface area contributed by atoms with Crippen LogP contribution in [0.4, 0.5) is 4.39 Å². The summed E-state index contributed by atoms with van der Waals surface area (Å²) < 4.78 is 13.4. The van der Waals surface area contributed by atoms with E-state index in [2.05, 4.69) is 23.0 Å². The number of hydrogen-bond acceptors (Lipinski definition) is 4. The minimum absolute atomic E-state index is 0.0503. The van der Waals surface area contributed by atoms with Crippen LogP contribution in [-0.2, 0) is 6.42 Å². The van der Waals surface area contributed by atoms with Crippen LogP contribution in [0.5, 0.6) is 0 Å². The van der Waals surface area contributed by atoms with Gasteiger partial charge in [0.2, 0.25) is 0 Å². The molecular formula is C25H25FN4OS. The number of hydrogen-bond donors (Lipinski definition) is 1. The van der Waals surface area contributed by atoms with E-state index in [4.69, 9.17) is 4.98 Å². The van der Waals surface area contributed by atoms with Crippen molar-refractivity contribution >= 4 is 28.3 Å². The number of aromatic amines is 1. The number of piperidine rings is 1. The second kappa shape index (κ2) is 8.47. The van der Waals surface area contributed by atoms with E-state index in [9.17, 15) is 9.18 Å². The van der Waals surface area contributed by atoms with Crippen molar-refractivity contribution < 1.29 is 9.18 Å². The van der Waals surface area contributed by atoms with Gasteiger partial charge in [0.05, 0.1) is 20.9 Å². The number of halogens is 1. The zero-order valence-corrected chi connectivity index (χ0v) is 19.0. The Morgan fingerprint density at radius 3 is 2.75 bits per heavy atom. The lowest BCUT2D eigenvalue weighted by molar-refractivity contribution is 0.0607. The Labute approximate surface area is 190 Å². The number of carbonyl (C=O) groups is 1. The van der Waals surface area contributed by atoms with Crippen LogP contribution in [0.3, 0.4) is 0 Å². The Hall–Kier alpha value is -3.06. The summed E-state index contributed by atoms with van der Waals surface area (Å²) in [6, 6.07) is 12.5. The van der Waals surface area contributed by atoms with Gasteiger partial charge in [-0.15, -0.1) is 11.3 Å². The number of fused-ring (bicyclic) bond motifs is 1. The van der Waals surface area contributed by atoms with E-state index < -0.39 is 0 Å². The first-order valence-electron chi connectivity index (χ1n) is 11.0. The lowest BCUT2D eigenvalue weighted by atomic mass is 9.98. The molecule has 0 spiro atoms. The number of H-pyrrole nitrogens is 1. The fourth-order valence-corrected chi connectivity index (χ4v) is 5.45. The Morgan fingerprint density at radius 2 is 1.97 bits per heavy atom. The number of amides is 1. The number of likely N-dealkylation sites (tertiary alicyclic amines) is 1. The van der Waals surface area contributed by atoms with E-state index in [-0.39, 0.29) is 17.8 Å². The standard InChI is InChI=1S/C25H25FN4OS/c1-15-6-5-8-20-22(15)29-21(28-20)14-19-7-3-4-13-30(19)25(31)23-24(32-16(2)27-23)17-9-11-18(26)12-10-17/h5-6,8-12,19H,3-4,7,13-14H2,1-2H3,(H,28,29). The normalized spacial score (nSPS) is 16.6. The predicted octanol–water partition coefficient (Wildman–Crippen LogP) is 5.68. The van der Waals surface area contributed by atoms with Gasteiger partial charge in [0.25, 0.3) is 5.91 Å². The fraction of sp³-hybridized carbons (Fsp3) is 0.320. The zero-order chi connectivity index (χ0) is 22.2. The molecule has 3 heterocycles. The summed E-state index contributed by atoms with van der Waals surface area (Å²) in [6.07, 6.45) is 3.71. The highest BCUT2D eigenvalue weighted by molar-refractivity contribution is 7.15. The average Bonchev–Trinajstić information content (AvgIpc) is 3.38. The minimum Gasteiger partial charge on any atom is -0.342 e. The van der Waals surface area contributed by atoms with Crippen molar-refractivity contribution in [3.8, 4) is 10.4 Å². The van der Waals surface area contributed by atoms with Crippen molar-refractivity contribution in [1.82, 2.24) is 19.9 Å². The van der Waals surface area contributed by atoms with Gasteiger partial charge in [-0.25, -0.2) is 14.4 Å². The topological polar surface area (TPSA) is 61.9 Å². The van der Waals surface area contributed by atoms with Crippen LogP contribution < -0.4 is 0 Å². The van der Waals surface area contributed by atoms with Gasteiger partial charge in [0, 0.05) is 19.0 Å². The molecule has 164 valence electrons. The average molecular weight is 449 g/mol. The minimum atomic E-state index is -0.292. The van der Waals surface area contributed by atoms with Gasteiger partial charge in [-0.05, 0) is 62.4 Å². The van der Waals surface area contributed by atoms with Gasteiger partial charge in [0.1, 0.15) is 17.3 Å². The first-order chi connectivity index (χ1) is 15.5. The van der Waals surface area contributed by atoms with Crippen molar-refractivity contribution in [2.45, 2.75) is 45.6 Å². The van der Waals surface area contributed by atoms with E-state index in [0.717, 1.165) is 57.1 Å². The van der Waals surface area contributed by atoms with Crippen molar-refractivity contribution in [3.63, 3.8) is 0 Å². The van der Waals surface area contributed by atoms with Gasteiger partial charge in [-0.1, -0.05) is 24.3 Å². The SMILES string of the molecule is Cc1nc(C(=O)N2CCCCC2Cc2nc3c(C)cccc3[nH]2)c(-c2ccc(F)cc2)s1. The maximum Gasteiger partial charge on any atom is 0.274 e. The number of aromatic nitrogens is 3. The molecule has 5 nitrogen and oxygen atoms in total. The highest BCUT2D eigenvalue weighted by atomic mass is 32.1. The Balaban J connectivity index is 1.44. The smallest absolute Gasteiger partial charge is 0.274 e. The van der Waals surface area contributed by atoms with Crippen molar-refractivity contribution in [3.05, 3.63) is 70.4 Å². The molecule has 1 aliphatic rings. The molecule has 0 bridgehead atoms. The third-order valence-electron chi connectivity index (χ3n) is 6.12. The Morgan fingerprint density at radius 1 is 1.16 bits per heavy atom. The van der Waals surface area contributed by atoms with Crippen molar-refractivity contribution in [1.29, 1.82) is 0 Å². The summed E-state index contributed by atoms with van der Waals surface area (Å²) in [6.45, 7) is 4.67. The molecule has 1 aliphatic heterocycles. The predicted molar refractivity (Wildman–Crippen MR) is 125 cm³/mol. The van der Waals surface area contributed by atoms with Crippen LogP contribution in [-0.4, -0.2) is 38.3 Å². The maximum atomic E-state index is 13.7. The number of imidazole rings is 1. The van der Waals surface area contributed by atoms with Gasteiger partial charge in [0.15, 0.2) is 0 Å². The van der Waals surface area contributed by atoms with Crippen molar-refractivity contribution in [2.75, 3.05) is 6.54 Å². The molecule has 4 aromatic rings. The van der Waals surface area contributed by atoms with Gasteiger partial charge in [-0.3, -0.25) is 4.79 Å².